The Hall–Kier alpha value is -0.782. The van der Waals surface area contributed by atoms with Crippen LogP contribution in [0.3, 0.4) is 0 Å². The summed E-state index contributed by atoms with van der Waals surface area (Å²) in [6, 6.07) is 0. The normalized spacial score (nSPS) is 12.5. The Bertz CT molecular complexity index is 562. The van der Waals surface area contributed by atoms with Crippen LogP contribution in [-0.4, -0.2) is 47.0 Å². The van der Waals surface area contributed by atoms with Gasteiger partial charge in [-0.3, -0.25) is 0 Å². The zero-order valence-corrected chi connectivity index (χ0v) is 24.4. The molecular weight excluding hydrogens is 511 g/mol. The average Bonchev–Trinajstić information content (AvgIpc) is 2.79. The van der Waals surface area contributed by atoms with E-state index in [4.69, 9.17) is 9.47 Å². The Labute approximate surface area is 217 Å². The molecule has 8 heteroatoms. The predicted octanol–water partition coefficient (Wildman–Crippen LogP) is 6.64. The summed E-state index contributed by atoms with van der Waals surface area (Å²) >= 11 is -5.04. The number of rotatable bonds is 25. The van der Waals surface area contributed by atoms with Crippen LogP contribution >= 0.6 is 0 Å². The zero-order chi connectivity index (χ0) is 26.2. The molecule has 0 aromatic carbocycles. The fourth-order valence-corrected chi connectivity index (χ4v) is 5.54. The summed E-state index contributed by atoms with van der Waals surface area (Å²) in [6.45, 7) is 4.11. The van der Waals surface area contributed by atoms with Gasteiger partial charge in [0.1, 0.15) is 0 Å². The smallest absolute Gasteiger partial charge is 0.0654 e. The van der Waals surface area contributed by atoms with Gasteiger partial charge in [0.15, 0.2) is 0 Å². The molecule has 0 spiro atoms. The molecule has 0 aliphatic rings. The van der Waals surface area contributed by atoms with E-state index in [-0.39, 0.29) is 19.4 Å². The summed E-state index contributed by atoms with van der Waals surface area (Å²) in [4.78, 5) is 24.1. The van der Waals surface area contributed by atoms with Crippen molar-refractivity contribution in [1.29, 1.82) is 0 Å². The molecule has 0 saturated carbocycles. The maximum atomic E-state index is 12.1. The molecule has 0 fully saturated rings. The van der Waals surface area contributed by atoms with Crippen molar-refractivity contribution < 1.29 is 31.0 Å². The second-order valence-corrected chi connectivity index (χ2v) is 13.4. The minimum atomic E-state index is -5.04. The van der Waals surface area contributed by atoms with Crippen molar-refractivity contribution in [3.8, 4) is 0 Å². The quantitative estimate of drug-likeness (QED) is 0.0727. The van der Waals surface area contributed by atoms with Gasteiger partial charge in [-0.1, -0.05) is 46.0 Å². The molecule has 0 saturated heterocycles. The third-order valence-corrected chi connectivity index (χ3v) is 7.99. The fraction of sp³-hybridized carbons (Fsp3) is 0.926. The molecule has 0 rings (SSSR count). The van der Waals surface area contributed by atoms with Gasteiger partial charge < -0.3 is 0 Å². The van der Waals surface area contributed by atoms with Gasteiger partial charge in [0.05, 0.1) is 0 Å². The third kappa shape index (κ3) is 26.1. The number of carbonyl (C=O) groups is 2. The van der Waals surface area contributed by atoms with Gasteiger partial charge in [0, 0.05) is 0 Å². The molecule has 0 aliphatic heterocycles. The molecule has 208 valence electrons. The van der Waals surface area contributed by atoms with E-state index in [2.05, 4.69) is 13.8 Å². The van der Waals surface area contributed by atoms with Gasteiger partial charge in [-0.15, -0.1) is 0 Å². The van der Waals surface area contributed by atoms with Gasteiger partial charge in [0.25, 0.3) is 0 Å². The summed E-state index contributed by atoms with van der Waals surface area (Å²) in [5.41, 5.74) is 0. The molecule has 0 heterocycles. The minimum absolute atomic E-state index is 0.215. The van der Waals surface area contributed by atoms with Crippen LogP contribution in [0.5, 0.6) is 0 Å². The molecule has 0 bridgehead atoms. The Morgan fingerprint density at radius 1 is 0.629 bits per heavy atom. The number of unbranched alkanes of at least 4 members (excludes halogenated alkanes) is 16. The molecule has 0 aromatic rings. The SMILES string of the molecule is CCCCCCCCCCCC(=O)OCC(C[As](=O)(O)O)OC(=O)CCCCCCCCCCC. The van der Waals surface area contributed by atoms with Crippen molar-refractivity contribution in [1.82, 2.24) is 0 Å². The monoisotopic (exact) mass is 564 g/mol. The second kappa shape index (κ2) is 23.6. The summed E-state index contributed by atoms with van der Waals surface area (Å²) in [5, 5.41) is -0.576. The van der Waals surface area contributed by atoms with Crippen molar-refractivity contribution in [3.63, 3.8) is 0 Å². The first-order valence-electron chi connectivity index (χ1n) is 14.2. The van der Waals surface area contributed by atoms with Gasteiger partial charge >= 0.3 is 171 Å². The van der Waals surface area contributed by atoms with Gasteiger partial charge in [0.2, 0.25) is 0 Å². The first-order valence-corrected chi connectivity index (χ1v) is 17.9. The van der Waals surface area contributed by atoms with Crippen molar-refractivity contribution in [2.24, 2.45) is 0 Å². The fourth-order valence-electron chi connectivity index (χ4n) is 4.05. The summed E-state index contributed by atoms with van der Waals surface area (Å²) in [7, 11) is 0. The first-order chi connectivity index (χ1) is 16.8. The molecule has 2 N–H and O–H groups in total. The minimum Gasteiger partial charge on any atom is -0.0654 e. The number of ether oxygens (including phenoxy) is 2. The van der Waals surface area contributed by atoms with E-state index >= 15 is 0 Å². The van der Waals surface area contributed by atoms with Crippen LogP contribution < -0.4 is 0 Å². The predicted molar refractivity (Wildman–Crippen MR) is 140 cm³/mol. The van der Waals surface area contributed by atoms with Gasteiger partial charge in [-0.25, -0.2) is 0 Å². The summed E-state index contributed by atoms with van der Waals surface area (Å²) in [5.74, 6) is -0.900. The van der Waals surface area contributed by atoms with Crippen LogP contribution in [0, 0.1) is 0 Å². The van der Waals surface area contributed by atoms with Crippen LogP contribution in [0.2, 0.25) is 5.21 Å². The van der Waals surface area contributed by atoms with E-state index in [1.54, 1.807) is 0 Å². The topological polar surface area (TPSA) is 110 Å². The third-order valence-electron chi connectivity index (χ3n) is 6.14. The molecule has 0 amide bonds. The van der Waals surface area contributed by atoms with E-state index in [0.717, 1.165) is 38.5 Å². The molecule has 1 atom stereocenters. The first kappa shape index (κ1) is 34.2. The Balaban J connectivity index is 4.02. The van der Waals surface area contributed by atoms with Gasteiger partial charge in [-0.2, -0.15) is 0 Å². The van der Waals surface area contributed by atoms with E-state index in [1.165, 1.54) is 70.6 Å². The van der Waals surface area contributed by atoms with Crippen LogP contribution in [-0.2, 0) is 22.8 Å². The van der Waals surface area contributed by atoms with E-state index in [0.29, 0.717) is 6.42 Å². The molecule has 0 aliphatic carbocycles. The zero-order valence-electron chi connectivity index (χ0n) is 22.5. The molecular formula is C27H53AsO7. The number of carbonyl (C=O) groups excluding carboxylic acids is 2. The molecule has 35 heavy (non-hydrogen) atoms. The van der Waals surface area contributed by atoms with Crippen LogP contribution in [0.1, 0.15) is 142 Å². The number of esters is 2. The van der Waals surface area contributed by atoms with Crippen LogP contribution in [0.15, 0.2) is 0 Å². The summed E-state index contributed by atoms with van der Waals surface area (Å²) in [6.07, 6.45) is 19.9. The Kier molecular flexibility index (Phi) is 23.1. The molecule has 0 aromatic heterocycles. The summed E-state index contributed by atoms with van der Waals surface area (Å²) < 4.78 is 40.6. The van der Waals surface area contributed by atoms with Crippen molar-refractivity contribution in [2.75, 3.05) is 6.61 Å². The van der Waals surface area contributed by atoms with Crippen molar-refractivity contribution >= 4 is 26.1 Å². The van der Waals surface area contributed by atoms with Crippen LogP contribution in [0.4, 0.5) is 0 Å². The van der Waals surface area contributed by atoms with Crippen molar-refractivity contribution in [2.45, 2.75) is 154 Å². The van der Waals surface area contributed by atoms with Crippen molar-refractivity contribution in [3.05, 3.63) is 0 Å². The van der Waals surface area contributed by atoms with Gasteiger partial charge in [-0.05, 0) is 0 Å². The second-order valence-electron chi connectivity index (χ2n) is 9.80. The molecule has 1 unspecified atom stereocenters. The Morgan fingerprint density at radius 2 is 1.00 bits per heavy atom. The Morgan fingerprint density at radius 3 is 1.40 bits per heavy atom. The van der Waals surface area contributed by atoms with E-state index in [1.807, 2.05) is 0 Å². The molecule has 0 radical (unpaired) electrons. The maximum absolute atomic E-state index is 12.1. The van der Waals surface area contributed by atoms with Crippen LogP contribution in [0.25, 0.3) is 0 Å². The standard InChI is InChI=1S/C27H53AsO7/c1-3-5-7-9-11-13-15-17-19-21-26(29)34-24-25(23-28(31,32)33)35-27(30)22-20-18-16-14-12-10-8-6-4-2/h25H,3-24H2,1-2H3,(H2,31,32,33). The number of hydrogen-bond donors (Lipinski definition) is 2. The van der Waals surface area contributed by atoms with E-state index in [9.17, 15) is 21.5 Å². The molecule has 7 nitrogen and oxygen atoms in total. The van der Waals surface area contributed by atoms with E-state index < -0.39 is 37.4 Å². The average molecular weight is 565 g/mol. The number of hydrogen-bond acceptors (Lipinski definition) is 5.